The number of carbonyl (C=O) groups excluding carboxylic acids is 1. The van der Waals surface area contributed by atoms with Crippen LogP contribution in [0.3, 0.4) is 0 Å². The molecule has 2 saturated heterocycles. The number of nitrogens with zero attached hydrogens (tertiary/aromatic N) is 3. The van der Waals surface area contributed by atoms with Crippen LogP contribution >= 0.6 is 0 Å². The van der Waals surface area contributed by atoms with Crippen LogP contribution in [-0.2, 0) is 4.74 Å². The van der Waals surface area contributed by atoms with Crippen molar-refractivity contribution >= 4 is 5.91 Å². The molecule has 2 aliphatic heterocycles. The first kappa shape index (κ1) is 13.5. The molecule has 1 atom stereocenters. The summed E-state index contributed by atoms with van der Waals surface area (Å²) in [6.07, 6.45) is 8.89. The molecule has 1 spiro atoms. The zero-order valence-corrected chi connectivity index (χ0v) is 11.9. The molecule has 108 valence electrons. The van der Waals surface area contributed by atoms with E-state index in [1.165, 1.54) is 12.6 Å². The van der Waals surface area contributed by atoms with E-state index in [1.807, 2.05) is 4.90 Å². The molecular formula is C15H21N3O2. The number of hydrogen-bond acceptors (Lipinski definition) is 4. The lowest BCUT2D eigenvalue weighted by atomic mass is 9.84. The molecule has 0 saturated carbocycles. The molecular weight excluding hydrogens is 254 g/mol. The van der Waals surface area contributed by atoms with Crippen molar-refractivity contribution in [3.05, 3.63) is 24.3 Å². The van der Waals surface area contributed by atoms with Gasteiger partial charge in [0.05, 0.1) is 18.4 Å². The van der Waals surface area contributed by atoms with Crippen molar-refractivity contribution < 1.29 is 9.53 Å². The topological polar surface area (TPSA) is 55.3 Å². The van der Waals surface area contributed by atoms with Gasteiger partial charge in [-0.05, 0) is 25.2 Å². The first-order valence-electron chi connectivity index (χ1n) is 7.42. The van der Waals surface area contributed by atoms with Crippen LogP contribution in [0.25, 0.3) is 0 Å². The minimum absolute atomic E-state index is 0.0158. The molecule has 0 unspecified atom stereocenters. The molecule has 0 aromatic carbocycles. The van der Waals surface area contributed by atoms with Gasteiger partial charge in [0.15, 0.2) is 0 Å². The van der Waals surface area contributed by atoms with Gasteiger partial charge < -0.3 is 9.64 Å². The second-order valence-electron chi connectivity index (χ2n) is 5.86. The molecule has 1 amide bonds. The Morgan fingerprint density at radius 1 is 1.45 bits per heavy atom. The van der Waals surface area contributed by atoms with Gasteiger partial charge in [-0.1, -0.05) is 13.3 Å². The molecule has 2 fully saturated rings. The van der Waals surface area contributed by atoms with Crippen LogP contribution in [0.5, 0.6) is 0 Å². The first-order chi connectivity index (χ1) is 9.72. The molecule has 20 heavy (non-hydrogen) atoms. The van der Waals surface area contributed by atoms with Gasteiger partial charge in [-0.15, -0.1) is 0 Å². The van der Waals surface area contributed by atoms with Gasteiger partial charge in [-0.3, -0.25) is 9.78 Å². The van der Waals surface area contributed by atoms with Crippen LogP contribution < -0.4 is 0 Å². The van der Waals surface area contributed by atoms with Crippen LogP contribution in [0.15, 0.2) is 18.6 Å². The highest BCUT2D eigenvalue weighted by Crippen LogP contribution is 2.39. The van der Waals surface area contributed by atoms with Crippen molar-refractivity contribution in [2.45, 2.75) is 38.2 Å². The van der Waals surface area contributed by atoms with E-state index in [4.69, 9.17) is 4.74 Å². The molecule has 1 aromatic heterocycles. The Morgan fingerprint density at radius 2 is 2.25 bits per heavy atom. The highest BCUT2D eigenvalue weighted by atomic mass is 16.5. The van der Waals surface area contributed by atoms with E-state index in [2.05, 4.69) is 16.9 Å². The van der Waals surface area contributed by atoms with Gasteiger partial charge in [0.1, 0.15) is 5.69 Å². The minimum atomic E-state index is -0.0158. The molecule has 0 bridgehead atoms. The van der Waals surface area contributed by atoms with E-state index in [1.54, 1.807) is 12.4 Å². The van der Waals surface area contributed by atoms with E-state index in [-0.39, 0.29) is 11.5 Å². The molecule has 2 aliphatic rings. The summed E-state index contributed by atoms with van der Waals surface area (Å²) in [5.41, 5.74) is 0.460. The van der Waals surface area contributed by atoms with Crippen LogP contribution in [0.1, 0.15) is 43.1 Å². The second kappa shape index (κ2) is 5.48. The summed E-state index contributed by atoms with van der Waals surface area (Å²) < 4.78 is 6.05. The van der Waals surface area contributed by atoms with Crippen molar-refractivity contribution in [3.63, 3.8) is 0 Å². The first-order valence-corrected chi connectivity index (χ1v) is 7.42. The lowest BCUT2D eigenvalue weighted by Gasteiger charge is -2.38. The number of amides is 1. The average molecular weight is 275 g/mol. The fraction of sp³-hybridized carbons (Fsp3) is 0.667. The molecule has 5 heteroatoms. The summed E-state index contributed by atoms with van der Waals surface area (Å²) in [5, 5.41) is 0. The van der Waals surface area contributed by atoms with Gasteiger partial charge in [0.2, 0.25) is 0 Å². The number of carbonyl (C=O) groups is 1. The Bertz CT molecular complexity index is 469. The van der Waals surface area contributed by atoms with E-state index in [0.717, 1.165) is 39.0 Å². The van der Waals surface area contributed by atoms with E-state index in [9.17, 15) is 4.79 Å². The Labute approximate surface area is 119 Å². The molecule has 1 aromatic rings. The zero-order chi connectivity index (χ0) is 14.0. The largest absolute Gasteiger partial charge is 0.375 e. The van der Waals surface area contributed by atoms with Crippen molar-refractivity contribution in [1.82, 2.24) is 14.9 Å². The van der Waals surface area contributed by atoms with E-state index < -0.39 is 0 Å². The van der Waals surface area contributed by atoms with Gasteiger partial charge in [0.25, 0.3) is 5.91 Å². The maximum absolute atomic E-state index is 12.3. The molecule has 3 rings (SSSR count). The number of aromatic nitrogens is 2. The number of ether oxygens (including phenoxy) is 1. The van der Waals surface area contributed by atoms with Crippen molar-refractivity contribution in [3.8, 4) is 0 Å². The number of hydrogen-bond donors (Lipinski definition) is 0. The highest BCUT2D eigenvalue weighted by molar-refractivity contribution is 5.92. The molecule has 0 aliphatic carbocycles. The summed E-state index contributed by atoms with van der Waals surface area (Å²) >= 11 is 0. The molecule has 0 radical (unpaired) electrons. The zero-order valence-electron chi connectivity index (χ0n) is 11.9. The lowest BCUT2D eigenvalue weighted by molar-refractivity contribution is -0.0392. The maximum Gasteiger partial charge on any atom is 0.274 e. The predicted molar refractivity (Wildman–Crippen MR) is 74.3 cm³/mol. The van der Waals surface area contributed by atoms with Gasteiger partial charge >= 0.3 is 0 Å². The minimum Gasteiger partial charge on any atom is -0.375 e. The fourth-order valence-corrected chi connectivity index (χ4v) is 3.24. The Hall–Kier alpha value is -1.49. The van der Waals surface area contributed by atoms with Gasteiger partial charge in [0, 0.05) is 25.5 Å². The standard InChI is InChI=1S/C15H21N3O2/c1-2-12-9-15(20-11-12)3-7-18(8-4-15)14(19)13-10-16-5-6-17-13/h5-6,10,12H,2-4,7-9,11H2,1H3/t12-/m0/s1. The summed E-state index contributed by atoms with van der Waals surface area (Å²) in [4.78, 5) is 22.2. The molecule has 0 N–H and O–H groups in total. The van der Waals surface area contributed by atoms with Gasteiger partial charge in [-0.25, -0.2) is 4.98 Å². The molecule has 3 heterocycles. The normalized spacial score (nSPS) is 25.1. The number of likely N-dealkylation sites (tertiary alicyclic amines) is 1. The van der Waals surface area contributed by atoms with Crippen molar-refractivity contribution in [1.29, 1.82) is 0 Å². The fourth-order valence-electron chi connectivity index (χ4n) is 3.24. The average Bonchev–Trinajstić information content (AvgIpc) is 2.91. The smallest absolute Gasteiger partial charge is 0.274 e. The third kappa shape index (κ3) is 2.54. The van der Waals surface area contributed by atoms with Crippen molar-refractivity contribution in [2.24, 2.45) is 5.92 Å². The van der Waals surface area contributed by atoms with E-state index >= 15 is 0 Å². The number of piperidine rings is 1. The van der Waals surface area contributed by atoms with Crippen LogP contribution in [0.4, 0.5) is 0 Å². The van der Waals surface area contributed by atoms with Crippen LogP contribution in [-0.4, -0.2) is 46.1 Å². The summed E-state index contributed by atoms with van der Waals surface area (Å²) in [6.45, 7) is 4.62. The monoisotopic (exact) mass is 275 g/mol. The lowest BCUT2D eigenvalue weighted by Crippen LogP contribution is -2.46. The molecule has 5 nitrogen and oxygen atoms in total. The van der Waals surface area contributed by atoms with E-state index in [0.29, 0.717) is 11.6 Å². The maximum atomic E-state index is 12.3. The second-order valence-corrected chi connectivity index (χ2v) is 5.86. The quantitative estimate of drug-likeness (QED) is 0.827. The predicted octanol–water partition coefficient (Wildman–Crippen LogP) is 1.90. The van der Waals surface area contributed by atoms with Crippen molar-refractivity contribution in [2.75, 3.05) is 19.7 Å². The van der Waals surface area contributed by atoms with Crippen LogP contribution in [0.2, 0.25) is 0 Å². The SMILES string of the molecule is CC[C@@H]1COC2(CCN(C(=O)c3cnccn3)CC2)C1. The number of rotatable bonds is 2. The Kier molecular flexibility index (Phi) is 3.70. The third-order valence-electron chi connectivity index (χ3n) is 4.61. The van der Waals surface area contributed by atoms with Gasteiger partial charge in [-0.2, -0.15) is 0 Å². The Morgan fingerprint density at radius 3 is 2.85 bits per heavy atom. The summed E-state index contributed by atoms with van der Waals surface area (Å²) in [7, 11) is 0. The summed E-state index contributed by atoms with van der Waals surface area (Å²) in [6, 6.07) is 0. The third-order valence-corrected chi connectivity index (χ3v) is 4.61. The van der Waals surface area contributed by atoms with Crippen LogP contribution in [0, 0.1) is 5.92 Å². The highest BCUT2D eigenvalue weighted by Gasteiger charge is 2.42. The Balaban J connectivity index is 1.60. The summed E-state index contributed by atoms with van der Waals surface area (Å²) in [5.74, 6) is 0.676.